The summed E-state index contributed by atoms with van der Waals surface area (Å²) < 4.78 is 0.933. The Hall–Kier alpha value is -0.870. The smallest absolute Gasteiger partial charge is 0.251 e. The Morgan fingerprint density at radius 1 is 1.56 bits per heavy atom. The zero-order chi connectivity index (χ0) is 11.4. The van der Waals surface area contributed by atoms with Crippen molar-refractivity contribution in [3.63, 3.8) is 0 Å². The summed E-state index contributed by atoms with van der Waals surface area (Å²) >= 11 is 3.36. The molecule has 1 amide bonds. The topological polar surface area (TPSA) is 41.1 Å². The maximum absolute atomic E-state index is 11.8. The third-order valence-electron chi connectivity index (χ3n) is 2.80. The van der Waals surface area contributed by atoms with Crippen molar-refractivity contribution in [1.82, 2.24) is 10.6 Å². The van der Waals surface area contributed by atoms with Crippen LogP contribution in [-0.2, 0) is 0 Å². The highest BCUT2D eigenvalue weighted by Crippen LogP contribution is 2.12. The highest BCUT2D eigenvalue weighted by atomic mass is 79.9. The minimum atomic E-state index is 0.00759. The van der Waals surface area contributed by atoms with Crippen molar-refractivity contribution in [2.45, 2.75) is 6.42 Å². The van der Waals surface area contributed by atoms with Crippen molar-refractivity contribution in [3.05, 3.63) is 34.3 Å². The molecular formula is C12H15BrN2O. The van der Waals surface area contributed by atoms with Crippen molar-refractivity contribution in [2.24, 2.45) is 5.92 Å². The van der Waals surface area contributed by atoms with Crippen LogP contribution in [0.15, 0.2) is 28.7 Å². The molecule has 1 aromatic rings. The van der Waals surface area contributed by atoms with E-state index in [0.29, 0.717) is 11.5 Å². The molecule has 0 aliphatic carbocycles. The van der Waals surface area contributed by atoms with Gasteiger partial charge in [-0.3, -0.25) is 4.79 Å². The van der Waals surface area contributed by atoms with Crippen LogP contribution in [-0.4, -0.2) is 25.5 Å². The molecule has 86 valence electrons. The summed E-state index contributed by atoms with van der Waals surface area (Å²) in [6.45, 7) is 2.84. The van der Waals surface area contributed by atoms with E-state index >= 15 is 0 Å². The fraction of sp³-hybridized carbons (Fsp3) is 0.417. The van der Waals surface area contributed by atoms with E-state index in [-0.39, 0.29) is 5.91 Å². The average Bonchev–Trinajstić information content (AvgIpc) is 2.78. The third kappa shape index (κ3) is 3.06. The van der Waals surface area contributed by atoms with Gasteiger partial charge in [0.25, 0.3) is 5.91 Å². The van der Waals surface area contributed by atoms with Gasteiger partial charge in [0.1, 0.15) is 0 Å². The number of carbonyl (C=O) groups is 1. The van der Waals surface area contributed by atoms with E-state index in [1.54, 1.807) is 0 Å². The lowest BCUT2D eigenvalue weighted by Gasteiger charge is -2.10. The van der Waals surface area contributed by atoms with Crippen LogP contribution >= 0.6 is 15.9 Å². The molecule has 1 aliphatic rings. The maximum Gasteiger partial charge on any atom is 0.251 e. The largest absolute Gasteiger partial charge is 0.352 e. The van der Waals surface area contributed by atoms with Crippen LogP contribution in [0.25, 0.3) is 0 Å². The highest BCUT2D eigenvalue weighted by Gasteiger charge is 2.15. The van der Waals surface area contributed by atoms with Crippen molar-refractivity contribution >= 4 is 21.8 Å². The number of nitrogens with one attached hydrogen (secondary N) is 2. The Bertz CT molecular complexity index is 375. The van der Waals surface area contributed by atoms with Crippen molar-refractivity contribution in [2.75, 3.05) is 19.6 Å². The Kier molecular flexibility index (Phi) is 3.96. The minimum absolute atomic E-state index is 0.00759. The molecule has 1 unspecified atom stereocenters. The van der Waals surface area contributed by atoms with Crippen LogP contribution in [0.4, 0.5) is 0 Å². The quantitative estimate of drug-likeness (QED) is 0.888. The molecule has 1 fully saturated rings. The predicted molar refractivity (Wildman–Crippen MR) is 67.5 cm³/mol. The molecule has 0 spiro atoms. The fourth-order valence-electron chi connectivity index (χ4n) is 1.86. The first-order chi connectivity index (χ1) is 7.75. The van der Waals surface area contributed by atoms with Crippen molar-refractivity contribution in [3.8, 4) is 0 Å². The van der Waals surface area contributed by atoms with Gasteiger partial charge in [-0.15, -0.1) is 0 Å². The van der Waals surface area contributed by atoms with Gasteiger partial charge in [-0.25, -0.2) is 0 Å². The molecule has 0 radical (unpaired) electrons. The van der Waals surface area contributed by atoms with Gasteiger partial charge in [0, 0.05) is 16.6 Å². The van der Waals surface area contributed by atoms with Gasteiger partial charge >= 0.3 is 0 Å². The number of hydrogen-bond acceptors (Lipinski definition) is 2. The summed E-state index contributed by atoms with van der Waals surface area (Å²) in [6, 6.07) is 7.45. The Morgan fingerprint density at radius 2 is 2.44 bits per heavy atom. The van der Waals surface area contributed by atoms with E-state index in [4.69, 9.17) is 0 Å². The predicted octanol–water partition coefficient (Wildman–Crippen LogP) is 1.79. The number of carbonyl (C=O) groups excluding carboxylic acids is 1. The maximum atomic E-state index is 11.8. The minimum Gasteiger partial charge on any atom is -0.352 e. The summed E-state index contributed by atoms with van der Waals surface area (Å²) in [5, 5.41) is 6.25. The van der Waals surface area contributed by atoms with Crippen molar-refractivity contribution < 1.29 is 4.79 Å². The van der Waals surface area contributed by atoms with Gasteiger partial charge in [-0.1, -0.05) is 22.0 Å². The van der Waals surface area contributed by atoms with E-state index in [1.807, 2.05) is 24.3 Å². The third-order valence-corrected chi connectivity index (χ3v) is 3.29. The molecule has 2 N–H and O–H groups in total. The summed E-state index contributed by atoms with van der Waals surface area (Å²) in [4.78, 5) is 11.8. The van der Waals surface area contributed by atoms with Gasteiger partial charge in [0.2, 0.25) is 0 Å². The molecule has 3 nitrogen and oxygen atoms in total. The molecule has 1 atom stereocenters. The molecule has 1 aromatic carbocycles. The second-order valence-electron chi connectivity index (χ2n) is 4.08. The summed E-state index contributed by atoms with van der Waals surface area (Å²) in [5.41, 5.74) is 0.709. The SMILES string of the molecule is O=C(NCC1CCNC1)c1cccc(Br)c1. The summed E-state index contributed by atoms with van der Waals surface area (Å²) in [7, 11) is 0. The zero-order valence-electron chi connectivity index (χ0n) is 9.00. The van der Waals surface area contributed by atoms with Crippen LogP contribution in [0.5, 0.6) is 0 Å². The van der Waals surface area contributed by atoms with Gasteiger partial charge < -0.3 is 10.6 Å². The van der Waals surface area contributed by atoms with Crippen LogP contribution in [0.1, 0.15) is 16.8 Å². The number of hydrogen-bond donors (Lipinski definition) is 2. The van der Waals surface area contributed by atoms with E-state index in [0.717, 1.165) is 30.5 Å². The number of benzene rings is 1. The molecule has 16 heavy (non-hydrogen) atoms. The molecule has 0 bridgehead atoms. The molecule has 1 saturated heterocycles. The Morgan fingerprint density at radius 3 is 3.12 bits per heavy atom. The van der Waals surface area contributed by atoms with Gasteiger partial charge in [-0.05, 0) is 43.6 Å². The van der Waals surface area contributed by atoms with Crippen molar-refractivity contribution in [1.29, 1.82) is 0 Å². The standard InChI is InChI=1S/C12H15BrN2O/c13-11-3-1-2-10(6-11)12(16)15-8-9-4-5-14-7-9/h1-3,6,9,14H,4-5,7-8H2,(H,15,16). The van der Waals surface area contributed by atoms with E-state index in [9.17, 15) is 4.79 Å². The van der Waals surface area contributed by atoms with E-state index in [1.165, 1.54) is 0 Å². The Labute approximate surface area is 104 Å². The molecule has 1 heterocycles. The lowest BCUT2D eigenvalue weighted by molar-refractivity contribution is 0.0948. The number of halogens is 1. The van der Waals surface area contributed by atoms with Crippen LogP contribution in [0, 0.1) is 5.92 Å². The Balaban J connectivity index is 1.87. The monoisotopic (exact) mass is 282 g/mol. The highest BCUT2D eigenvalue weighted by molar-refractivity contribution is 9.10. The first-order valence-corrected chi connectivity index (χ1v) is 6.29. The number of rotatable bonds is 3. The second kappa shape index (κ2) is 5.46. The molecule has 4 heteroatoms. The van der Waals surface area contributed by atoms with E-state index in [2.05, 4.69) is 26.6 Å². The van der Waals surface area contributed by atoms with Gasteiger partial charge in [-0.2, -0.15) is 0 Å². The number of amides is 1. The molecule has 2 rings (SSSR count). The van der Waals surface area contributed by atoms with Crippen LogP contribution in [0.2, 0.25) is 0 Å². The fourth-order valence-corrected chi connectivity index (χ4v) is 2.26. The van der Waals surface area contributed by atoms with Crippen LogP contribution in [0.3, 0.4) is 0 Å². The molecule has 0 aromatic heterocycles. The lowest BCUT2D eigenvalue weighted by atomic mass is 10.1. The molecular weight excluding hydrogens is 268 g/mol. The summed E-state index contributed by atoms with van der Waals surface area (Å²) in [6.07, 6.45) is 1.15. The summed E-state index contributed by atoms with van der Waals surface area (Å²) in [5.74, 6) is 0.587. The molecule has 1 aliphatic heterocycles. The second-order valence-corrected chi connectivity index (χ2v) is 4.99. The average molecular weight is 283 g/mol. The zero-order valence-corrected chi connectivity index (χ0v) is 10.6. The van der Waals surface area contributed by atoms with Gasteiger partial charge in [0.05, 0.1) is 0 Å². The first kappa shape index (κ1) is 11.6. The lowest BCUT2D eigenvalue weighted by Crippen LogP contribution is -2.30. The first-order valence-electron chi connectivity index (χ1n) is 5.50. The molecule has 0 saturated carbocycles. The van der Waals surface area contributed by atoms with Crippen LogP contribution < -0.4 is 10.6 Å². The van der Waals surface area contributed by atoms with Gasteiger partial charge in [0.15, 0.2) is 0 Å². The normalized spacial score (nSPS) is 19.7. The van der Waals surface area contributed by atoms with E-state index < -0.39 is 0 Å².